The van der Waals surface area contributed by atoms with Gasteiger partial charge in [-0.1, -0.05) is 12.8 Å². The zero-order valence-electron chi connectivity index (χ0n) is 8.70. The molecule has 0 aromatic rings. The molecule has 3 nitrogen and oxygen atoms in total. The summed E-state index contributed by atoms with van der Waals surface area (Å²) in [5.41, 5.74) is 7.21. The average Bonchev–Trinajstić information content (AvgIpc) is 2.46. The van der Waals surface area contributed by atoms with Crippen molar-refractivity contribution in [3.63, 3.8) is 0 Å². The van der Waals surface area contributed by atoms with Crippen molar-refractivity contribution in [2.45, 2.75) is 44.7 Å². The molecule has 0 bridgehead atoms. The van der Waals surface area contributed by atoms with Gasteiger partial charge in [-0.3, -0.25) is 4.79 Å². The third-order valence-corrected chi connectivity index (χ3v) is 3.25. The number of carbonyl (C=O) groups is 1. The first-order valence-electron chi connectivity index (χ1n) is 5.42. The molecular weight excluding hydrogens is 176 g/mol. The van der Waals surface area contributed by atoms with Gasteiger partial charge < -0.3 is 10.6 Å². The van der Waals surface area contributed by atoms with E-state index >= 15 is 0 Å². The lowest BCUT2D eigenvalue weighted by Crippen LogP contribution is -2.50. The van der Waals surface area contributed by atoms with Gasteiger partial charge in [-0.15, -0.1) is 0 Å². The first-order chi connectivity index (χ1) is 6.68. The Labute approximate surface area is 84.9 Å². The highest BCUT2D eigenvalue weighted by molar-refractivity contribution is 5.91. The Morgan fingerprint density at radius 3 is 2.71 bits per heavy atom. The van der Waals surface area contributed by atoms with Crippen molar-refractivity contribution in [3.8, 4) is 0 Å². The van der Waals surface area contributed by atoms with Gasteiger partial charge in [0.25, 0.3) is 0 Å². The maximum Gasteiger partial charge on any atom is 0.247 e. The van der Waals surface area contributed by atoms with E-state index in [9.17, 15) is 4.79 Å². The van der Waals surface area contributed by atoms with Gasteiger partial charge in [-0.2, -0.15) is 0 Å². The number of hydrogen-bond acceptors (Lipinski definition) is 2. The summed E-state index contributed by atoms with van der Waals surface area (Å²) in [4.78, 5) is 13.6. The number of hydrogen-bond donors (Lipinski definition) is 1. The van der Waals surface area contributed by atoms with Crippen LogP contribution in [0.3, 0.4) is 0 Å². The van der Waals surface area contributed by atoms with E-state index < -0.39 is 0 Å². The van der Waals surface area contributed by atoms with Crippen LogP contribution in [0.15, 0.2) is 11.6 Å². The topological polar surface area (TPSA) is 46.3 Å². The first-order valence-corrected chi connectivity index (χ1v) is 5.42. The Balaban J connectivity index is 2.05. The smallest absolute Gasteiger partial charge is 0.247 e. The molecule has 3 heteroatoms. The van der Waals surface area contributed by atoms with Crippen LogP contribution in [0.5, 0.6) is 0 Å². The van der Waals surface area contributed by atoms with Crippen LogP contribution in [0.2, 0.25) is 0 Å². The molecule has 2 atom stereocenters. The molecule has 78 valence electrons. The van der Waals surface area contributed by atoms with Crippen molar-refractivity contribution < 1.29 is 4.79 Å². The molecule has 0 aromatic carbocycles. The van der Waals surface area contributed by atoms with Crippen LogP contribution in [0.1, 0.15) is 32.6 Å². The van der Waals surface area contributed by atoms with Gasteiger partial charge in [0.1, 0.15) is 0 Å². The highest BCUT2D eigenvalue weighted by Gasteiger charge is 2.32. The van der Waals surface area contributed by atoms with E-state index in [0.29, 0.717) is 0 Å². The van der Waals surface area contributed by atoms with Gasteiger partial charge in [0.2, 0.25) is 5.91 Å². The standard InChI is InChI=1S/C11H18N2O/c1-8-6-11(14)13(7-8)10-5-3-2-4-9(10)12/h6,9-10H,2-5,7,12H2,1H3/t9-,10-/m1/s1. The van der Waals surface area contributed by atoms with Gasteiger partial charge in [0.05, 0.1) is 0 Å². The minimum absolute atomic E-state index is 0.157. The molecule has 0 radical (unpaired) electrons. The fourth-order valence-corrected chi connectivity index (χ4v) is 2.49. The summed E-state index contributed by atoms with van der Waals surface area (Å²) in [7, 11) is 0. The van der Waals surface area contributed by atoms with Gasteiger partial charge in [-0.05, 0) is 25.3 Å². The predicted molar refractivity (Wildman–Crippen MR) is 55.7 cm³/mol. The summed E-state index contributed by atoms with van der Waals surface area (Å²) in [5.74, 6) is 0.157. The summed E-state index contributed by atoms with van der Waals surface area (Å²) < 4.78 is 0. The molecule has 2 N–H and O–H groups in total. The van der Waals surface area contributed by atoms with Gasteiger partial charge >= 0.3 is 0 Å². The monoisotopic (exact) mass is 194 g/mol. The molecule has 1 amide bonds. The summed E-state index contributed by atoms with van der Waals surface area (Å²) >= 11 is 0. The second kappa shape index (κ2) is 3.73. The Morgan fingerprint density at radius 1 is 1.43 bits per heavy atom. The Bertz CT molecular complexity index is 272. The third-order valence-electron chi connectivity index (χ3n) is 3.25. The van der Waals surface area contributed by atoms with Crippen LogP contribution >= 0.6 is 0 Å². The Hall–Kier alpha value is -0.830. The van der Waals surface area contributed by atoms with Gasteiger partial charge in [0.15, 0.2) is 0 Å². The zero-order chi connectivity index (χ0) is 10.1. The summed E-state index contributed by atoms with van der Waals surface area (Å²) in [6, 6.07) is 0.469. The SMILES string of the molecule is CC1=CC(=O)N([C@@H]2CCCC[C@H]2N)C1. The van der Waals surface area contributed by atoms with Crippen molar-refractivity contribution in [1.82, 2.24) is 4.90 Å². The zero-order valence-corrected chi connectivity index (χ0v) is 8.70. The van der Waals surface area contributed by atoms with E-state index in [-0.39, 0.29) is 18.0 Å². The molecule has 1 fully saturated rings. The highest BCUT2D eigenvalue weighted by atomic mass is 16.2. The van der Waals surface area contributed by atoms with E-state index in [1.54, 1.807) is 6.08 Å². The third kappa shape index (κ3) is 1.69. The minimum atomic E-state index is 0.157. The van der Waals surface area contributed by atoms with Crippen LogP contribution in [0, 0.1) is 0 Å². The minimum Gasteiger partial charge on any atom is -0.331 e. The molecule has 0 saturated heterocycles. The normalized spacial score (nSPS) is 33.4. The van der Waals surface area contributed by atoms with Crippen molar-refractivity contribution in [3.05, 3.63) is 11.6 Å². The second-order valence-electron chi connectivity index (χ2n) is 4.47. The first kappa shape index (κ1) is 9.71. The lowest BCUT2D eigenvalue weighted by atomic mass is 9.90. The van der Waals surface area contributed by atoms with Crippen molar-refractivity contribution in [2.24, 2.45) is 5.73 Å². The number of amides is 1. The molecule has 1 aliphatic carbocycles. The van der Waals surface area contributed by atoms with E-state index in [1.807, 2.05) is 11.8 Å². The van der Waals surface area contributed by atoms with Crippen LogP contribution in [0.4, 0.5) is 0 Å². The summed E-state index contributed by atoms with van der Waals surface area (Å²) in [6.45, 7) is 2.80. The van der Waals surface area contributed by atoms with Crippen molar-refractivity contribution in [1.29, 1.82) is 0 Å². The molecule has 2 aliphatic rings. The molecule has 1 aliphatic heterocycles. The lowest BCUT2D eigenvalue weighted by Gasteiger charge is -2.36. The highest BCUT2D eigenvalue weighted by Crippen LogP contribution is 2.25. The fourth-order valence-electron chi connectivity index (χ4n) is 2.49. The summed E-state index contributed by atoms with van der Waals surface area (Å²) in [5, 5.41) is 0. The maximum absolute atomic E-state index is 11.6. The molecular formula is C11H18N2O. The quantitative estimate of drug-likeness (QED) is 0.678. The number of carbonyl (C=O) groups excluding carboxylic acids is 1. The molecule has 0 unspecified atom stereocenters. The van der Waals surface area contributed by atoms with Gasteiger partial charge in [0, 0.05) is 24.7 Å². The van der Waals surface area contributed by atoms with Crippen LogP contribution < -0.4 is 5.73 Å². The number of rotatable bonds is 1. The van der Waals surface area contributed by atoms with E-state index in [2.05, 4.69) is 0 Å². The molecule has 14 heavy (non-hydrogen) atoms. The number of nitrogens with two attached hydrogens (primary N) is 1. The maximum atomic E-state index is 11.6. The van der Waals surface area contributed by atoms with Crippen molar-refractivity contribution in [2.75, 3.05) is 6.54 Å². The molecule has 0 aromatic heterocycles. The van der Waals surface area contributed by atoms with E-state index in [4.69, 9.17) is 5.73 Å². The van der Waals surface area contributed by atoms with Crippen LogP contribution in [0.25, 0.3) is 0 Å². The summed E-state index contributed by atoms with van der Waals surface area (Å²) in [6.07, 6.45) is 6.30. The molecule has 2 rings (SSSR count). The van der Waals surface area contributed by atoms with Crippen LogP contribution in [-0.2, 0) is 4.79 Å². The van der Waals surface area contributed by atoms with E-state index in [0.717, 1.165) is 25.0 Å². The molecule has 1 saturated carbocycles. The predicted octanol–water partition coefficient (Wildman–Crippen LogP) is 1.04. The fraction of sp³-hybridized carbons (Fsp3) is 0.727. The molecule has 0 spiro atoms. The number of nitrogens with zero attached hydrogens (tertiary/aromatic N) is 1. The molecule has 1 heterocycles. The Kier molecular flexibility index (Phi) is 2.59. The Morgan fingerprint density at radius 2 is 2.14 bits per heavy atom. The second-order valence-corrected chi connectivity index (χ2v) is 4.47. The largest absolute Gasteiger partial charge is 0.331 e. The van der Waals surface area contributed by atoms with Gasteiger partial charge in [-0.25, -0.2) is 0 Å². The van der Waals surface area contributed by atoms with E-state index in [1.165, 1.54) is 12.8 Å². The van der Waals surface area contributed by atoms with Crippen LogP contribution in [-0.4, -0.2) is 29.4 Å². The average molecular weight is 194 g/mol. The van der Waals surface area contributed by atoms with Crippen molar-refractivity contribution >= 4 is 5.91 Å². The lowest BCUT2D eigenvalue weighted by molar-refractivity contribution is -0.127.